The molecule has 0 amide bonds. The Morgan fingerprint density at radius 2 is 1.12 bits per heavy atom. The lowest BCUT2D eigenvalue weighted by Gasteiger charge is -2.23. The van der Waals surface area contributed by atoms with Gasteiger partial charge in [0.1, 0.15) is 0 Å². The number of para-hydroxylation sites is 4. The van der Waals surface area contributed by atoms with Crippen LogP contribution in [0, 0.1) is 0 Å². The molecule has 0 bridgehead atoms. The molecular formula is C50H36N4O2. The second-order valence-corrected chi connectivity index (χ2v) is 14.3. The maximum absolute atomic E-state index is 14.7. The molecule has 0 unspecified atom stereocenters. The Labute approximate surface area is 323 Å². The average molecular weight is 725 g/mol. The molecule has 0 spiro atoms. The number of hydrogen-bond donors (Lipinski definition) is 0. The SMILES string of the molecule is Cn1c2c(c(=O)c3cc4c(cc31)c(=O)c1cc(-c3cc5ccccc5n3-c3ccccc3)ccc1n4C)/C=C/C=C/c1ccccc1N(c1ccccc1)/C=C\2. The Balaban J connectivity index is 1.19. The van der Waals surface area contributed by atoms with E-state index in [0.717, 1.165) is 56.0 Å². The minimum absolute atomic E-state index is 0.0735. The van der Waals surface area contributed by atoms with Crippen LogP contribution < -0.4 is 15.8 Å². The molecule has 0 radical (unpaired) electrons. The summed E-state index contributed by atoms with van der Waals surface area (Å²) in [5, 5.41) is 2.85. The summed E-state index contributed by atoms with van der Waals surface area (Å²) < 4.78 is 6.31. The van der Waals surface area contributed by atoms with Gasteiger partial charge in [0, 0.05) is 58.8 Å². The first kappa shape index (κ1) is 33.2. The van der Waals surface area contributed by atoms with Crippen LogP contribution in [0.4, 0.5) is 11.4 Å². The van der Waals surface area contributed by atoms with Crippen molar-refractivity contribution < 1.29 is 0 Å². The lowest BCUT2D eigenvalue weighted by molar-refractivity contribution is 0.931. The van der Waals surface area contributed by atoms with Gasteiger partial charge in [0.15, 0.2) is 10.9 Å². The first-order chi connectivity index (χ1) is 27.5. The third-order valence-electron chi connectivity index (χ3n) is 11.1. The Hall–Kier alpha value is -7.44. The lowest BCUT2D eigenvalue weighted by atomic mass is 10.0. The summed E-state index contributed by atoms with van der Waals surface area (Å²) in [6.45, 7) is 0. The standard InChI is InChI=1S/C50H36N4O2/c1-51-44-26-25-35(46-30-34-17-11-14-24-43(34)54(46)37-20-7-4-8-21-37)29-39(44)50(56)41-32-47-40(31-48(41)51)49(55)38-22-12-9-15-33-16-10-13-23-42(33)53(28-27-45(38)52(47)2)36-18-5-3-6-19-36/h3-32H,1-2H3/b15-9+,22-12+,28-27-. The molecule has 1 aliphatic heterocycles. The van der Waals surface area contributed by atoms with Gasteiger partial charge in [-0.05, 0) is 90.0 Å². The van der Waals surface area contributed by atoms with Crippen LogP contribution in [0.5, 0.6) is 0 Å². The quantitative estimate of drug-likeness (QED) is 0.171. The van der Waals surface area contributed by atoms with Crippen LogP contribution in [0.15, 0.2) is 174 Å². The van der Waals surface area contributed by atoms with E-state index in [1.807, 2.05) is 133 Å². The van der Waals surface area contributed by atoms with Crippen LogP contribution in [0.25, 0.3) is 78.8 Å². The monoisotopic (exact) mass is 724 g/mol. The van der Waals surface area contributed by atoms with Crippen molar-refractivity contribution in [3.8, 4) is 16.9 Å². The van der Waals surface area contributed by atoms with Gasteiger partial charge in [0.25, 0.3) is 0 Å². The third-order valence-corrected chi connectivity index (χ3v) is 11.1. The first-order valence-corrected chi connectivity index (χ1v) is 18.7. The fourth-order valence-electron chi connectivity index (χ4n) is 8.30. The van der Waals surface area contributed by atoms with E-state index in [0.29, 0.717) is 32.8 Å². The van der Waals surface area contributed by atoms with Gasteiger partial charge in [-0.1, -0.05) is 97.1 Å². The molecule has 0 atom stereocenters. The molecule has 6 heteroatoms. The van der Waals surface area contributed by atoms with Gasteiger partial charge in [-0.2, -0.15) is 0 Å². The van der Waals surface area contributed by atoms with Gasteiger partial charge < -0.3 is 18.6 Å². The minimum atomic E-state index is -0.0936. The summed E-state index contributed by atoms with van der Waals surface area (Å²) in [5.74, 6) is 0. The summed E-state index contributed by atoms with van der Waals surface area (Å²) in [6.07, 6.45) is 11.9. The highest BCUT2D eigenvalue weighted by Gasteiger charge is 2.19. The normalized spacial score (nSPS) is 14.4. The van der Waals surface area contributed by atoms with Crippen molar-refractivity contribution in [3.63, 3.8) is 0 Å². The molecule has 0 saturated heterocycles. The highest BCUT2D eigenvalue weighted by atomic mass is 16.1. The topological polar surface area (TPSA) is 52.2 Å². The number of aromatic nitrogens is 3. The molecule has 6 aromatic carbocycles. The zero-order chi connectivity index (χ0) is 37.9. The summed E-state index contributed by atoms with van der Waals surface area (Å²) >= 11 is 0. The van der Waals surface area contributed by atoms with Crippen molar-refractivity contribution >= 4 is 73.2 Å². The molecule has 9 aromatic rings. The summed E-state index contributed by atoms with van der Waals surface area (Å²) in [7, 11) is 3.93. The van der Waals surface area contributed by atoms with Crippen molar-refractivity contribution in [2.75, 3.05) is 4.90 Å². The summed E-state index contributed by atoms with van der Waals surface area (Å²) in [5.41, 5.74) is 10.5. The first-order valence-electron chi connectivity index (χ1n) is 18.7. The second kappa shape index (κ2) is 13.1. The smallest absolute Gasteiger partial charge is 0.197 e. The molecule has 0 saturated carbocycles. The fraction of sp³-hybridized carbons (Fsp3) is 0.0400. The number of fused-ring (bicyclic) bond motifs is 6. The zero-order valence-electron chi connectivity index (χ0n) is 30.9. The number of hydrogen-bond acceptors (Lipinski definition) is 3. The number of rotatable bonds is 3. The van der Waals surface area contributed by atoms with Crippen molar-refractivity contribution in [3.05, 3.63) is 201 Å². The summed E-state index contributed by atoms with van der Waals surface area (Å²) in [6, 6.07) is 49.2. The van der Waals surface area contributed by atoms with E-state index in [1.54, 1.807) is 0 Å². The zero-order valence-corrected chi connectivity index (χ0v) is 30.9. The van der Waals surface area contributed by atoms with Gasteiger partial charge in [-0.25, -0.2) is 0 Å². The van der Waals surface area contributed by atoms with E-state index in [2.05, 4.69) is 82.3 Å². The maximum atomic E-state index is 14.7. The Kier molecular flexibility index (Phi) is 7.78. The maximum Gasteiger partial charge on any atom is 0.197 e. The van der Waals surface area contributed by atoms with Gasteiger partial charge >= 0.3 is 0 Å². The summed E-state index contributed by atoms with van der Waals surface area (Å²) in [4.78, 5) is 31.4. The predicted molar refractivity (Wildman–Crippen MR) is 234 cm³/mol. The number of allylic oxidation sites excluding steroid dienone is 2. The van der Waals surface area contributed by atoms with Crippen LogP contribution in [0.3, 0.4) is 0 Å². The molecule has 6 nitrogen and oxygen atoms in total. The van der Waals surface area contributed by atoms with Crippen molar-refractivity contribution in [2.45, 2.75) is 0 Å². The molecule has 0 fully saturated rings. The highest BCUT2D eigenvalue weighted by molar-refractivity contribution is 6.02. The van der Waals surface area contributed by atoms with Gasteiger partial charge in [0.05, 0.1) is 39.1 Å². The number of pyridine rings is 2. The molecule has 56 heavy (non-hydrogen) atoms. The molecule has 4 heterocycles. The van der Waals surface area contributed by atoms with E-state index < -0.39 is 0 Å². The van der Waals surface area contributed by atoms with Crippen LogP contribution in [-0.2, 0) is 14.1 Å². The Bertz CT molecular complexity index is 3250. The number of benzene rings is 6. The fourth-order valence-corrected chi connectivity index (χ4v) is 8.30. The molecule has 3 aromatic heterocycles. The third kappa shape index (κ3) is 5.26. The van der Waals surface area contributed by atoms with Crippen LogP contribution in [0.2, 0.25) is 0 Å². The van der Waals surface area contributed by atoms with E-state index in [4.69, 9.17) is 0 Å². The Morgan fingerprint density at radius 1 is 0.482 bits per heavy atom. The van der Waals surface area contributed by atoms with Crippen LogP contribution in [0.1, 0.15) is 16.8 Å². The van der Waals surface area contributed by atoms with Crippen LogP contribution in [-0.4, -0.2) is 13.7 Å². The molecular weight excluding hydrogens is 689 g/mol. The number of aryl methyl sites for hydroxylation is 2. The van der Waals surface area contributed by atoms with Crippen molar-refractivity contribution in [1.29, 1.82) is 0 Å². The van der Waals surface area contributed by atoms with E-state index in [-0.39, 0.29) is 10.9 Å². The second-order valence-electron chi connectivity index (χ2n) is 14.3. The molecule has 268 valence electrons. The highest BCUT2D eigenvalue weighted by Crippen LogP contribution is 2.35. The van der Waals surface area contributed by atoms with Crippen molar-refractivity contribution in [2.24, 2.45) is 14.1 Å². The average Bonchev–Trinajstić information content (AvgIpc) is 3.62. The number of nitrogens with zero attached hydrogens (tertiary/aromatic N) is 4. The Morgan fingerprint density at radius 3 is 1.93 bits per heavy atom. The van der Waals surface area contributed by atoms with Gasteiger partial charge in [0.2, 0.25) is 0 Å². The molecule has 10 rings (SSSR count). The van der Waals surface area contributed by atoms with Gasteiger partial charge in [-0.3, -0.25) is 9.59 Å². The van der Waals surface area contributed by atoms with E-state index in [9.17, 15) is 9.59 Å². The van der Waals surface area contributed by atoms with Gasteiger partial charge in [-0.15, -0.1) is 0 Å². The minimum Gasteiger partial charge on any atom is -0.343 e. The molecule has 0 aliphatic carbocycles. The predicted octanol–water partition coefficient (Wildman–Crippen LogP) is 11.0. The van der Waals surface area contributed by atoms with Crippen LogP contribution >= 0.6 is 0 Å². The van der Waals surface area contributed by atoms with Crippen molar-refractivity contribution in [1.82, 2.24) is 13.7 Å². The van der Waals surface area contributed by atoms with E-state index >= 15 is 0 Å². The van der Waals surface area contributed by atoms with E-state index in [1.165, 1.54) is 0 Å². The molecule has 0 N–H and O–H groups in total. The molecule has 1 aliphatic rings. The lowest BCUT2D eigenvalue weighted by Crippen LogP contribution is -2.17. The number of anilines is 2. The largest absolute Gasteiger partial charge is 0.343 e.